The average molecular weight is 290 g/mol. The molecule has 0 saturated heterocycles. The van der Waals surface area contributed by atoms with Gasteiger partial charge in [0, 0.05) is 17.0 Å². The van der Waals surface area contributed by atoms with E-state index < -0.39 is 0 Å². The van der Waals surface area contributed by atoms with Crippen LogP contribution in [0.4, 0.5) is 0 Å². The Morgan fingerprint density at radius 2 is 1.75 bits per heavy atom. The van der Waals surface area contributed by atoms with Crippen molar-refractivity contribution in [3.05, 3.63) is 64.7 Å². The topological polar surface area (TPSA) is 35.2 Å². The lowest BCUT2D eigenvalue weighted by atomic mass is 9.77. The number of methoxy groups -OCH3 is 1. The Labute approximate surface area is 125 Å². The monoisotopic (exact) mass is 289 g/mol. The molecule has 106 valence electrons. The van der Waals surface area contributed by atoms with Crippen molar-refractivity contribution in [1.82, 2.24) is 0 Å². The smallest absolute Gasteiger partial charge is 0.118 e. The van der Waals surface area contributed by atoms with Crippen molar-refractivity contribution in [2.75, 3.05) is 13.7 Å². The van der Waals surface area contributed by atoms with Crippen LogP contribution < -0.4 is 10.5 Å². The second-order valence-electron chi connectivity index (χ2n) is 5.27. The van der Waals surface area contributed by atoms with Gasteiger partial charge >= 0.3 is 0 Å². The van der Waals surface area contributed by atoms with Crippen molar-refractivity contribution < 1.29 is 4.74 Å². The van der Waals surface area contributed by atoms with E-state index in [9.17, 15) is 0 Å². The highest BCUT2D eigenvalue weighted by Gasteiger charge is 2.27. The van der Waals surface area contributed by atoms with E-state index >= 15 is 0 Å². The van der Waals surface area contributed by atoms with Crippen molar-refractivity contribution in [3.8, 4) is 5.75 Å². The Balaban J connectivity index is 2.29. The predicted molar refractivity (Wildman–Crippen MR) is 84.6 cm³/mol. The SMILES string of the molecule is COc1ccc(CC(C)(CN)c2ccccc2Cl)cc1. The number of nitrogens with two attached hydrogens (primary N) is 1. The molecule has 0 amide bonds. The molecule has 2 nitrogen and oxygen atoms in total. The Kier molecular flexibility index (Phi) is 4.69. The molecule has 2 N–H and O–H groups in total. The van der Waals surface area contributed by atoms with Crippen molar-refractivity contribution >= 4 is 11.6 Å². The summed E-state index contributed by atoms with van der Waals surface area (Å²) in [6, 6.07) is 16.0. The fourth-order valence-corrected chi connectivity index (χ4v) is 2.79. The summed E-state index contributed by atoms with van der Waals surface area (Å²) in [5.41, 5.74) is 8.17. The number of halogens is 1. The van der Waals surface area contributed by atoms with E-state index in [1.807, 2.05) is 30.3 Å². The van der Waals surface area contributed by atoms with Crippen LogP contribution >= 0.6 is 11.6 Å². The molecule has 2 rings (SSSR count). The summed E-state index contributed by atoms with van der Waals surface area (Å²) in [5, 5.41) is 0.772. The summed E-state index contributed by atoms with van der Waals surface area (Å²) < 4.78 is 5.18. The first-order valence-corrected chi connectivity index (χ1v) is 7.05. The van der Waals surface area contributed by atoms with Gasteiger partial charge in [0.25, 0.3) is 0 Å². The van der Waals surface area contributed by atoms with Crippen LogP contribution in [0, 0.1) is 0 Å². The molecule has 0 saturated carbocycles. The third-order valence-electron chi connectivity index (χ3n) is 3.73. The molecule has 0 heterocycles. The zero-order chi connectivity index (χ0) is 14.6. The van der Waals surface area contributed by atoms with Crippen LogP contribution in [0.25, 0.3) is 0 Å². The van der Waals surface area contributed by atoms with E-state index in [1.165, 1.54) is 5.56 Å². The minimum atomic E-state index is -0.174. The quantitative estimate of drug-likeness (QED) is 0.908. The highest BCUT2D eigenvalue weighted by Crippen LogP contribution is 2.32. The second-order valence-corrected chi connectivity index (χ2v) is 5.68. The van der Waals surface area contributed by atoms with Crippen molar-refractivity contribution in [1.29, 1.82) is 0 Å². The molecule has 0 spiro atoms. The van der Waals surface area contributed by atoms with Gasteiger partial charge in [-0.15, -0.1) is 0 Å². The van der Waals surface area contributed by atoms with Gasteiger partial charge in [-0.2, -0.15) is 0 Å². The van der Waals surface area contributed by atoms with Crippen molar-refractivity contribution in [2.24, 2.45) is 5.73 Å². The molecule has 0 aliphatic carbocycles. The molecule has 20 heavy (non-hydrogen) atoms. The number of hydrogen-bond donors (Lipinski definition) is 1. The minimum Gasteiger partial charge on any atom is -0.497 e. The normalized spacial score (nSPS) is 13.8. The van der Waals surface area contributed by atoms with E-state index in [0.29, 0.717) is 6.54 Å². The molecule has 3 heteroatoms. The summed E-state index contributed by atoms with van der Waals surface area (Å²) in [6.45, 7) is 2.70. The zero-order valence-electron chi connectivity index (χ0n) is 11.9. The maximum Gasteiger partial charge on any atom is 0.118 e. The summed E-state index contributed by atoms with van der Waals surface area (Å²) >= 11 is 6.33. The van der Waals surface area contributed by atoms with E-state index in [2.05, 4.69) is 25.1 Å². The van der Waals surface area contributed by atoms with E-state index in [4.69, 9.17) is 22.1 Å². The summed E-state index contributed by atoms with van der Waals surface area (Å²) in [7, 11) is 1.67. The van der Waals surface area contributed by atoms with Crippen LogP contribution in [-0.4, -0.2) is 13.7 Å². The van der Waals surface area contributed by atoms with E-state index in [0.717, 1.165) is 22.8 Å². The van der Waals surface area contributed by atoms with Gasteiger partial charge in [0.05, 0.1) is 7.11 Å². The summed E-state index contributed by atoms with van der Waals surface area (Å²) in [6.07, 6.45) is 0.844. The molecule has 2 aromatic carbocycles. The first-order valence-electron chi connectivity index (χ1n) is 6.67. The molecule has 0 aromatic heterocycles. The molecule has 0 aliphatic heterocycles. The van der Waals surface area contributed by atoms with Crippen molar-refractivity contribution in [3.63, 3.8) is 0 Å². The van der Waals surface area contributed by atoms with Crippen LogP contribution in [0.1, 0.15) is 18.1 Å². The van der Waals surface area contributed by atoms with Crippen LogP contribution in [0.2, 0.25) is 5.02 Å². The van der Waals surface area contributed by atoms with Gasteiger partial charge in [-0.1, -0.05) is 48.9 Å². The lowest BCUT2D eigenvalue weighted by molar-refractivity contribution is 0.414. The van der Waals surface area contributed by atoms with Gasteiger partial charge in [0.2, 0.25) is 0 Å². The Morgan fingerprint density at radius 1 is 1.10 bits per heavy atom. The predicted octanol–water partition coefficient (Wildman–Crippen LogP) is 3.81. The molecule has 0 radical (unpaired) electrons. The fraction of sp³-hybridized carbons (Fsp3) is 0.294. The largest absolute Gasteiger partial charge is 0.497 e. The summed E-state index contributed by atoms with van der Waals surface area (Å²) in [5.74, 6) is 0.862. The summed E-state index contributed by atoms with van der Waals surface area (Å²) in [4.78, 5) is 0. The highest BCUT2D eigenvalue weighted by atomic mass is 35.5. The van der Waals surface area contributed by atoms with Gasteiger partial charge in [0.1, 0.15) is 5.75 Å². The third-order valence-corrected chi connectivity index (χ3v) is 4.06. The maximum atomic E-state index is 6.33. The molecule has 2 aromatic rings. The second kappa shape index (κ2) is 6.29. The minimum absolute atomic E-state index is 0.174. The molecular formula is C17H20ClNO. The van der Waals surface area contributed by atoms with Crippen molar-refractivity contribution in [2.45, 2.75) is 18.8 Å². The Morgan fingerprint density at radius 3 is 2.30 bits per heavy atom. The van der Waals surface area contributed by atoms with Gasteiger partial charge in [-0.25, -0.2) is 0 Å². The molecular weight excluding hydrogens is 270 g/mol. The third kappa shape index (κ3) is 3.14. The van der Waals surface area contributed by atoms with Crippen LogP contribution in [0.15, 0.2) is 48.5 Å². The highest BCUT2D eigenvalue weighted by molar-refractivity contribution is 6.31. The molecule has 0 aliphatic rings. The van der Waals surface area contributed by atoms with E-state index in [-0.39, 0.29) is 5.41 Å². The van der Waals surface area contributed by atoms with Gasteiger partial charge < -0.3 is 10.5 Å². The standard InChI is InChI=1S/C17H20ClNO/c1-17(12-19,15-5-3-4-6-16(15)18)11-13-7-9-14(20-2)10-8-13/h3-10H,11-12,19H2,1-2H3. The number of rotatable bonds is 5. The molecule has 0 bridgehead atoms. The van der Waals surface area contributed by atoms with E-state index in [1.54, 1.807) is 7.11 Å². The number of ether oxygens (including phenoxy) is 1. The van der Waals surface area contributed by atoms with Crippen LogP contribution in [-0.2, 0) is 11.8 Å². The van der Waals surface area contributed by atoms with Gasteiger partial charge in [-0.3, -0.25) is 0 Å². The molecule has 1 unspecified atom stereocenters. The molecule has 1 atom stereocenters. The van der Waals surface area contributed by atoms with Gasteiger partial charge in [0.15, 0.2) is 0 Å². The maximum absolute atomic E-state index is 6.33. The molecule has 0 fully saturated rings. The number of hydrogen-bond acceptors (Lipinski definition) is 2. The zero-order valence-corrected chi connectivity index (χ0v) is 12.7. The lowest BCUT2D eigenvalue weighted by Gasteiger charge is -2.30. The van der Waals surface area contributed by atoms with Crippen LogP contribution in [0.3, 0.4) is 0 Å². The Bertz CT molecular complexity index is 567. The number of benzene rings is 2. The Hall–Kier alpha value is -1.51. The fourth-order valence-electron chi connectivity index (χ4n) is 2.42. The first-order chi connectivity index (χ1) is 9.59. The average Bonchev–Trinajstić information content (AvgIpc) is 2.48. The van der Waals surface area contributed by atoms with Gasteiger partial charge in [-0.05, 0) is 35.7 Å². The first kappa shape index (κ1) is 14.9. The van der Waals surface area contributed by atoms with Crippen LogP contribution in [0.5, 0.6) is 5.75 Å². The lowest BCUT2D eigenvalue weighted by Crippen LogP contribution is -2.34.